The minimum atomic E-state index is -0.266. The van der Waals surface area contributed by atoms with Gasteiger partial charge in [0.2, 0.25) is 5.91 Å². The zero-order valence-electron chi connectivity index (χ0n) is 17.1. The summed E-state index contributed by atoms with van der Waals surface area (Å²) in [6.07, 6.45) is 0. The first-order chi connectivity index (χ1) is 15.7. The zero-order valence-corrected chi connectivity index (χ0v) is 17.9. The van der Waals surface area contributed by atoms with Crippen LogP contribution in [0.4, 0.5) is 10.1 Å². The van der Waals surface area contributed by atoms with Gasteiger partial charge in [-0.2, -0.15) is 0 Å². The average Bonchev–Trinajstić information content (AvgIpc) is 3.16. The van der Waals surface area contributed by atoms with Crippen molar-refractivity contribution < 1.29 is 18.7 Å². The minimum absolute atomic E-state index is 0.162. The summed E-state index contributed by atoms with van der Waals surface area (Å²) in [5.74, 6) is 1.02. The van der Waals surface area contributed by atoms with Gasteiger partial charge < -0.3 is 19.4 Å². The standard InChI is InChI=1S/C24H20FN3O3S/c25-18-6-2-1-5-16(18)14-28-20-8-4-3-7-19(20)27-24(28)32-15-23(29)26-17-9-10-21-22(13-17)31-12-11-30-21/h1-10,13H,11-12,14-15H2,(H,26,29). The smallest absolute Gasteiger partial charge is 0.234 e. The Hall–Kier alpha value is -3.52. The lowest BCUT2D eigenvalue weighted by Gasteiger charge is -2.19. The van der Waals surface area contributed by atoms with Crippen molar-refractivity contribution in [1.82, 2.24) is 9.55 Å². The van der Waals surface area contributed by atoms with Crippen LogP contribution in [-0.4, -0.2) is 34.4 Å². The van der Waals surface area contributed by atoms with Crippen LogP contribution in [0.1, 0.15) is 5.56 Å². The summed E-state index contributed by atoms with van der Waals surface area (Å²) < 4.78 is 27.3. The fourth-order valence-corrected chi connectivity index (χ4v) is 4.38. The number of para-hydroxylation sites is 2. The first-order valence-corrected chi connectivity index (χ1v) is 11.2. The second-order valence-electron chi connectivity index (χ2n) is 7.26. The maximum absolute atomic E-state index is 14.3. The molecule has 1 aromatic heterocycles. The van der Waals surface area contributed by atoms with Crippen LogP contribution >= 0.6 is 11.8 Å². The molecule has 0 unspecified atom stereocenters. The van der Waals surface area contributed by atoms with Gasteiger partial charge in [0.15, 0.2) is 16.7 Å². The Morgan fingerprint density at radius 2 is 1.81 bits per heavy atom. The van der Waals surface area contributed by atoms with E-state index >= 15 is 0 Å². The van der Waals surface area contributed by atoms with E-state index in [1.54, 1.807) is 30.3 Å². The molecule has 0 spiro atoms. The maximum atomic E-state index is 14.3. The number of amides is 1. The number of nitrogens with zero attached hydrogens (tertiary/aromatic N) is 2. The molecular formula is C24H20FN3O3S. The number of rotatable bonds is 6. The van der Waals surface area contributed by atoms with Crippen molar-refractivity contribution in [3.8, 4) is 11.5 Å². The first-order valence-electron chi connectivity index (χ1n) is 10.2. The lowest BCUT2D eigenvalue weighted by atomic mass is 10.2. The highest BCUT2D eigenvalue weighted by molar-refractivity contribution is 7.99. The van der Waals surface area contributed by atoms with Crippen LogP contribution in [0.5, 0.6) is 11.5 Å². The molecule has 3 aromatic carbocycles. The summed E-state index contributed by atoms with van der Waals surface area (Å²) in [6.45, 7) is 1.33. The predicted octanol–water partition coefficient (Wildman–Crippen LogP) is 4.73. The number of benzene rings is 3. The first kappa shape index (κ1) is 20.4. The molecule has 1 aliphatic rings. The van der Waals surface area contributed by atoms with Crippen molar-refractivity contribution in [2.45, 2.75) is 11.7 Å². The Kier molecular flexibility index (Phi) is 5.68. The van der Waals surface area contributed by atoms with Crippen molar-refractivity contribution in [2.24, 2.45) is 0 Å². The SMILES string of the molecule is O=C(CSc1nc2ccccc2n1Cc1ccccc1F)Nc1ccc2c(c1)OCCO2. The van der Waals surface area contributed by atoms with Crippen molar-refractivity contribution in [2.75, 3.05) is 24.3 Å². The van der Waals surface area contributed by atoms with Crippen LogP contribution in [0.2, 0.25) is 0 Å². The highest BCUT2D eigenvalue weighted by Gasteiger charge is 2.16. The molecule has 0 aliphatic carbocycles. The molecule has 0 saturated heterocycles. The summed E-state index contributed by atoms with van der Waals surface area (Å²) >= 11 is 1.32. The monoisotopic (exact) mass is 449 g/mol. The van der Waals surface area contributed by atoms with E-state index < -0.39 is 0 Å². The van der Waals surface area contributed by atoms with Gasteiger partial charge in [0.05, 0.1) is 23.3 Å². The van der Waals surface area contributed by atoms with E-state index in [-0.39, 0.29) is 17.5 Å². The molecule has 32 heavy (non-hydrogen) atoms. The third-order valence-electron chi connectivity index (χ3n) is 5.06. The van der Waals surface area contributed by atoms with E-state index in [1.165, 1.54) is 17.8 Å². The molecule has 1 N–H and O–H groups in total. The molecule has 0 radical (unpaired) electrons. The number of hydrogen-bond acceptors (Lipinski definition) is 5. The highest BCUT2D eigenvalue weighted by atomic mass is 32.2. The van der Waals surface area contributed by atoms with E-state index in [1.807, 2.05) is 34.9 Å². The van der Waals surface area contributed by atoms with Gasteiger partial charge in [-0.3, -0.25) is 4.79 Å². The van der Waals surface area contributed by atoms with Gasteiger partial charge in [-0.05, 0) is 30.3 Å². The van der Waals surface area contributed by atoms with Crippen molar-refractivity contribution >= 4 is 34.4 Å². The van der Waals surface area contributed by atoms with Crippen LogP contribution in [0, 0.1) is 5.82 Å². The molecule has 1 aliphatic heterocycles. The highest BCUT2D eigenvalue weighted by Crippen LogP contribution is 2.33. The molecule has 6 nitrogen and oxygen atoms in total. The number of fused-ring (bicyclic) bond motifs is 2. The largest absolute Gasteiger partial charge is 0.486 e. The lowest BCUT2D eigenvalue weighted by Crippen LogP contribution is -2.17. The molecule has 1 amide bonds. The molecular weight excluding hydrogens is 429 g/mol. The number of carbonyl (C=O) groups excluding carboxylic acids is 1. The Labute approximate surface area is 188 Å². The van der Waals surface area contributed by atoms with E-state index in [2.05, 4.69) is 10.3 Å². The Bertz CT molecular complexity index is 1290. The van der Waals surface area contributed by atoms with Gasteiger partial charge in [-0.25, -0.2) is 9.37 Å². The molecule has 8 heteroatoms. The molecule has 0 fully saturated rings. The number of hydrogen-bond donors (Lipinski definition) is 1. The van der Waals surface area contributed by atoms with Crippen LogP contribution in [0.25, 0.3) is 11.0 Å². The van der Waals surface area contributed by atoms with E-state index in [9.17, 15) is 9.18 Å². The normalized spacial score (nSPS) is 12.7. The van der Waals surface area contributed by atoms with E-state index in [0.717, 1.165) is 11.0 Å². The molecule has 0 bridgehead atoms. The van der Waals surface area contributed by atoms with Crippen LogP contribution in [0.3, 0.4) is 0 Å². The Balaban J connectivity index is 1.33. The number of aromatic nitrogens is 2. The number of imidazole rings is 1. The Morgan fingerprint density at radius 3 is 2.69 bits per heavy atom. The quantitative estimate of drug-likeness (QED) is 0.431. The lowest BCUT2D eigenvalue weighted by molar-refractivity contribution is -0.113. The van der Waals surface area contributed by atoms with Crippen molar-refractivity contribution in [3.63, 3.8) is 0 Å². The second-order valence-corrected chi connectivity index (χ2v) is 8.20. The molecule has 0 saturated carbocycles. The van der Waals surface area contributed by atoms with Gasteiger partial charge in [-0.1, -0.05) is 42.1 Å². The molecule has 2 heterocycles. The summed E-state index contributed by atoms with van der Waals surface area (Å²) in [5.41, 5.74) is 2.90. The van der Waals surface area contributed by atoms with E-state index in [4.69, 9.17) is 9.47 Å². The molecule has 0 atom stereocenters. The van der Waals surface area contributed by atoms with Crippen LogP contribution < -0.4 is 14.8 Å². The van der Waals surface area contributed by atoms with Crippen LogP contribution in [-0.2, 0) is 11.3 Å². The summed E-state index contributed by atoms with van der Waals surface area (Å²) in [4.78, 5) is 17.3. The summed E-state index contributed by atoms with van der Waals surface area (Å²) in [6, 6.07) is 19.7. The zero-order chi connectivity index (χ0) is 21.9. The van der Waals surface area contributed by atoms with Crippen molar-refractivity contribution in [3.05, 3.63) is 78.1 Å². The number of thioether (sulfide) groups is 1. The summed E-state index contributed by atoms with van der Waals surface area (Å²) in [5, 5.41) is 3.54. The van der Waals surface area contributed by atoms with Gasteiger partial charge in [0, 0.05) is 17.3 Å². The van der Waals surface area contributed by atoms with Crippen molar-refractivity contribution in [1.29, 1.82) is 0 Å². The third-order valence-corrected chi connectivity index (χ3v) is 6.04. The average molecular weight is 450 g/mol. The van der Waals surface area contributed by atoms with E-state index in [0.29, 0.717) is 47.7 Å². The Morgan fingerprint density at radius 1 is 1.03 bits per heavy atom. The summed E-state index contributed by atoms with van der Waals surface area (Å²) in [7, 11) is 0. The number of nitrogens with one attached hydrogen (secondary N) is 1. The molecule has 5 rings (SSSR count). The topological polar surface area (TPSA) is 65.4 Å². The number of halogens is 1. The number of ether oxygens (including phenoxy) is 2. The van der Waals surface area contributed by atoms with Gasteiger partial charge >= 0.3 is 0 Å². The molecule has 162 valence electrons. The molecule has 4 aromatic rings. The second kappa shape index (κ2) is 8.92. The van der Waals surface area contributed by atoms with Gasteiger partial charge in [-0.15, -0.1) is 0 Å². The van der Waals surface area contributed by atoms with Crippen LogP contribution in [0.15, 0.2) is 71.9 Å². The minimum Gasteiger partial charge on any atom is -0.486 e. The van der Waals surface area contributed by atoms with Gasteiger partial charge in [0.25, 0.3) is 0 Å². The predicted molar refractivity (Wildman–Crippen MR) is 122 cm³/mol. The van der Waals surface area contributed by atoms with Gasteiger partial charge in [0.1, 0.15) is 19.0 Å². The maximum Gasteiger partial charge on any atom is 0.234 e. The third kappa shape index (κ3) is 4.27. The fourth-order valence-electron chi connectivity index (χ4n) is 3.56. The number of anilines is 1. The fraction of sp³-hybridized carbons (Fsp3) is 0.167. The number of carbonyl (C=O) groups is 1.